The van der Waals surface area contributed by atoms with Crippen molar-refractivity contribution in [3.63, 3.8) is 0 Å². The highest BCUT2D eigenvalue weighted by Gasteiger charge is 2.26. The average Bonchev–Trinajstić information content (AvgIpc) is 2.59. The maximum atomic E-state index is 11.8. The van der Waals surface area contributed by atoms with Crippen LogP contribution in [0.4, 0.5) is 0 Å². The molecule has 0 bridgehead atoms. The van der Waals surface area contributed by atoms with Crippen molar-refractivity contribution in [1.29, 1.82) is 0 Å². The molecule has 1 fully saturated rings. The molecule has 0 radical (unpaired) electrons. The molecule has 1 unspecified atom stereocenters. The van der Waals surface area contributed by atoms with Gasteiger partial charge in [0, 0.05) is 13.6 Å². The van der Waals surface area contributed by atoms with Gasteiger partial charge in [0.25, 0.3) is 0 Å². The molecule has 1 aliphatic rings. The standard InChI is InChI=1S/C9H13BrN4O/c1-13-6-11-8(12-13)5-14-4-2-3-7(10)9(14)15/h6-7H,2-5H2,1H3. The van der Waals surface area contributed by atoms with Gasteiger partial charge in [0.1, 0.15) is 6.33 Å². The Balaban J connectivity index is 2.02. The van der Waals surface area contributed by atoms with Crippen LogP contribution >= 0.6 is 15.9 Å². The first-order chi connectivity index (χ1) is 7.16. The number of likely N-dealkylation sites (tertiary alicyclic amines) is 1. The van der Waals surface area contributed by atoms with E-state index in [1.54, 1.807) is 15.9 Å². The minimum absolute atomic E-state index is 0.0324. The SMILES string of the molecule is Cn1cnc(CN2CCCC(Br)C2=O)n1. The van der Waals surface area contributed by atoms with Crippen molar-refractivity contribution in [2.24, 2.45) is 7.05 Å². The number of piperidine rings is 1. The number of hydrogen-bond donors (Lipinski definition) is 0. The van der Waals surface area contributed by atoms with Crippen molar-refractivity contribution < 1.29 is 4.79 Å². The molecule has 2 rings (SSSR count). The van der Waals surface area contributed by atoms with Gasteiger partial charge in [-0.1, -0.05) is 15.9 Å². The predicted molar refractivity (Wildman–Crippen MR) is 58.4 cm³/mol. The van der Waals surface area contributed by atoms with Crippen molar-refractivity contribution in [1.82, 2.24) is 19.7 Å². The smallest absolute Gasteiger partial charge is 0.236 e. The average molecular weight is 273 g/mol. The number of hydrogen-bond acceptors (Lipinski definition) is 3. The van der Waals surface area contributed by atoms with E-state index in [2.05, 4.69) is 26.0 Å². The Hall–Kier alpha value is -0.910. The maximum absolute atomic E-state index is 11.8. The van der Waals surface area contributed by atoms with Crippen molar-refractivity contribution in [2.45, 2.75) is 24.2 Å². The summed E-state index contributed by atoms with van der Waals surface area (Å²) in [6.45, 7) is 1.32. The Bertz CT molecular complexity index is 365. The highest BCUT2D eigenvalue weighted by Crippen LogP contribution is 2.19. The third-order valence-corrected chi connectivity index (χ3v) is 3.29. The number of carbonyl (C=O) groups excluding carboxylic acids is 1. The molecule has 1 amide bonds. The van der Waals surface area contributed by atoms with Crippen LogP contribution in [0.1, 0.15) is 18.7 Å². The van der Waals surface area contributed by atoms with E-state index in [-0.39, 0.29) is 10.7 Å². The highest BCUT2D eigenvalue weighted by atomic mass is 79.9. The number of nitrogens with zero attached hydrogens (tertiary/aromatic N) is 4. The van der Waals surface area contributed by atoms with E-state index in [9.17, 15) is 4.79 Å². The molecule has 1 aromatic rings. The molecule has 1 aromatic heterocycles. The summed E-state index contributed by atoms with van der Waals surface area (Å²) in [6.07, 6.45) is 3.61. The minimum atomic E-state index is -0.0324. The molecule has 82 valence electrons. The molecule has 1 saturated heterocycles. The number of halogens is 1. The van der Waals surface area contributed by atoms with E-state index in [1.807, 2.05) is 7.05 Å². The maximum Gasteiger partial charge on any atom is 0.236 e. The first-order valence-corrected chi connectivity index (χ1v) is 5.86. The largest absolute Gasteiger partial charge is 0.334 e. The van der Waals surface area contributed by atoms with E-state index in [1.165, 1.54) is 0 Å². The minimum Gasteiger partial charge on any atom is -0.334 e. The van der Waals surface area contributed by atoms with Crippen molar-refractivity contribution in [3.05, 3.63) is 12.2 Å². The van der Waals surface area contributed by atoms with Crippen molar-refractivity contribution in [3.8, 4) is 0 Å². The van der Waals surface area contributed by atoms with Crippen LogP contribution in [0.15, 0.2) is 6.33 Å². The zero-order chi connectivity index (χ0) is 10.8. The summed E-state index contributed by atoms with van der Waals surface area (Å²) in [4.78, 5) is 17.6. The molecule has 0 aliphatic carbocycles. The van der Waals surface area contributed by atoms with E-state index in [0.29, 0.717) is 12.4 Å². The molecule has 0 saturated carbocycles. The topological polar surface area (TPSA) is 51.0 Å². The zero-order valence-electron chi connectivity index (χ0n) is 8.56. The molecule has 6 heteroatoms. The summed E-state index contributed by atoms with van der Waals surface area (Å²) in [7, 11) is 1.82. The molecule has 2 heterocycles. The first kappa shape index (κ1) is 10.6. The normalized spacial score (nSPS) is 22.1. The quantitative estimate of drug-likeness (QED) is 0.745. The van der Waals surface area contributed by atoms with E-state index in [4.69, 9.17) is 0 Å². The van der Waals surface area contributed by atoms with Gasteiger partial charge in [-0.25, -0.2) is 4.98 Å². The van der Waals surface area contributed by atoms with Crippen molar-refractivity contribution in [2.75, 3.05) is 6.54 Å². The van der Waals surface area contributed by atoms with E-state index < -0.39 is 0 Å². The second kappa shape index (κ2) is 4.30. The first-order valence-electron chi connectivity index (χ1n) is 4.94. The van der Waals surface area contributed by atoms with Gasteiger partial charge in [0.2, 0.25) is 5.91 Å². The third kappa shape index (κ3) is 2.37. The molecular formula is C9H13BrN4O. The van der Waals surface area contributed by atoms with Crippen LogP contribution in [0.5, 0.6) is 0 Å². The van der Waals surface area contributed by atoms with Gasteiger partial charge >= 0.3 is 0 Å². The second-order valence-electron chi connectivity index (χ2n) is 3.70. The molecule has 0 spiro atoms. The van der Waals surface area contributed by atoms with E-state index in [0.717, 1.165) is 19.4 Å². The van der Waals surface area contributed by atoms with Gasteiger partial charge in [-0.05, 0) is 12.8 Å². The van der Waals surface area contributed by atoms with Gasteiger partial charge in [-0.15, -0.1) is 0 Å². The summed E-state index contributed by atoms with van der Waals surface area (Å²) in [5.74, 6) is 0.848. The van der Waals surface area contributed by atoms with E-state index >= 15 is 0 Å². The Kier molecular flexibility index (Phi) is 3.04. The Morgan fingerprint density at radius 3 is 3.13 bits per heavy atom. The summed E-state index contributed by atoms with van der Waals surface area (Å²) in [5.41, 5.74) is 0. The van der Waals surface area contributed by atoms with Crippen LogP contribution < -0.4 is 0 Å². The molecule has 1 atom stereocenters. The van der Waals surface area contributed by atoms with Gasteiger partial charge in [-0.2, -0.15) is 5.10 Å². The van der Waals surface area contributed by atoms with Crippen LogP contribution in [0.25, 0.3) is 0 Å². The van der Waals surface area contributed by atoms with Crippen LogP contribution in [0, 0.1) is 0 Å². The number of amides is 1. The number of carbonyl (C=O) groups is 1. The van der Waals surface area contributed by atoms with Crippen molar-refractivity contribution >= 4 is 21.8 Å². The molecule has 1 aliphatic heterocycles. The Labute approximate surface area is 96.6 Å². The number of aromatic nitrogens is 3. The lowest BCUT2D eigenvalue weighted by Crippen LogP contribution is -2.41. The summed E-state index contributed by atoms with van der Waals surface area (Å²) >= 11 is 3.38. The lowest BCUT2D eigenvalue weighted by atomic mass is 10.1. The summed E-state index contributed by atoms with van der Waals surface area (Å²) < 4.78 is 1.65. The number of alkyl halides is 1. The fourth-order valence-corrected chi connectivity index (χ4v) is 2.29. The van der Waals surface area contributed by atoms with Gasteiger partial charge in [0.15, 0.2) is 5.82 Å². The molecular weight excluding hydrogens is 260 g/mol. The predicted octanol–water partition coefficient (Wildman–Crippen LogP) is 0.701. The third-order valence-electron chi connectivity index (χ3n) is 2.44. The molecule has 15 heavy (non-hydrogen) atoms. The fourth-order valence-electron chi connectivity index (χ4n) is 1.68. The van der Waals surface area contributed by atoms with Crippen LogP contribution in [0.2, 0.25) is 0 Å². The lowest BCUT2D eigenvalue weighted by molar-refractivity contribution is -0.133. The summed E-state index contributed by atoms with van der Waals surface area (Å²) in [5, 5.41) is 4.16. The van der Waals surface area contributed by atoms with Crippen LogP contribution in [0.3, 0.4) is 0 Å². The molecule has 5 nitrogen and oxygen atoms in total. The second-order valence-corrected chi connectivity index (χ2v) is 4.81. The number of aryl methyl sites for hydroxylation is 1. The van der Waals surface area contributed by atoms with Gasteiger partial charge < -0.3 is 4.90 Å². The Morgan fingerprint density at radius 2 is 2.47 bits per heavy atom. The zero-order valence-corrected chi connectivity index (χ0v) is 10.1. The summed E-state index contributed by atoms with van der Waals surface area (Å²) in [6, 6.07) is 0. The van der Waals surface area contributed by atoms with Crippen LogP contribution in [-0.4, -0.2) is 36.9 Å². The van der Waals surface area contributed by atoms with Crippen LogP contribution in [-0.2, 0) is 18.4 Å². The highest BCUT2D eigenvalue weighted by molar-refractivity contribution is 9.10. The Morgan fingerprint density at radius 1 is 1.67 bits per heavy atom. The fraction of sp³-hybridized carbons (Fsp3) is 0.667. The molecule has 0 aromatic carbocycles. The van der Waals surface area contributed by atoms with Gasteiger partial charge in [0.05, 0.1) is 11.4 Å². The molecule has 0 N–H and O–H groups in total. The number of rotatable bonds is 2. The lowest BCUT2D eigenvalue weighted by Gasteiger charge is -2.28. The van der Waals surface area contributed by atoms with Gasteiger partial charge in [-0.3, -0.25) is 9.48 Å². The monoisotopic (exact) mass is 272 g/mol.